The summed E-state index contributed by atoms with van der Waals surface area (Å²) in [6.45, 7) is 7.82. The summed E-state index contributed by atoms with van der Waals surface area (Å²) in [6.07, 6.45) is 3.75. The maximum absolute atomic E-state index is 12.3. The lowest BCUT2D eigenvalue weighted by Crippen LogP contribution is -2.41. The summed E-state index contributed by atoms with van der Waals surface area (Å²) in [6, 6.07) is 10.3. The van der Waals surface area contributed by atoms with Crippen LogP contribution < -0.4 is 10.6 Å². The number of hydrogen-bond acceptors (Lipinski definition) is 4. The van der Waals surface area contributed by atoms with E-state index in [0.717, 1.165) is 51.5 Å². The third-order valence-corrected chi connectivity index (χ3v) is 5.14. The largest absolute Gasteiger partial charge is 0.379 e. The maximum Gasteiger partial charge on any atom is 0.223 e. The van der Waals surface area contributed by atoms with Crippen LogP contribution in [-0.2, 0) is 20.7 Å². The summed E-state index contributed by atoms with van der Waals surface area (Å²) < 4.78 is 11.0. The van der Waals surface area contributed by atoms with Crippen LogP contribution >= 0.6 is 0 Å². The maximum atomic E-state index is 12.3. The molecule has 1 aliphatic rings. The Kier molecular flexibility index (Phi) is 11.9. The Labute approximate surface area is 181 Å². The van der Waals surface area contributed by atoms with Crippen molar-refractivity contribution >= 4 is 11.9 Å². The van der Waals surface area contributed by atoms with Crippen molar-refractivity contribution in [3.63, 3.8) is 0 Å². The second-order valence-corrected chi connectivity index (χ2v) is 7.60. The lowest BCUT2D eigenvalue weighted by atomic mass is 10.1. The molecule has 30 heavy (non-hydrogen) atoms. The van der Waals surface area contributed by atoms with Gasteiger partial charge < -0.3 is 25.0 Å². The summed E-state index contributed by atoms with van der Waals surface area (Å²) >= 11 is 0. The molecule has 7 nitrogen and oxygen atoms in total. The molecule has 7 heteroatoms. The smallest absolute Gasteiger partial charge is 0.223 e. The standard InChI is InChI=1S/C23H38N4O3/c1-3-4-13-29-15-16-30-14-11-25-23(24-2)26-18-21-17-22(28)27(19-21)12-10-20-8-6-5-7-9-20/h5-9,21H,3-4,10-19H2,1-2H3,(H2,24,25,26). The molecule has 1 amide bonds. The van der Waals surface area contributed by atoms with Crippen molar-refractivity contribution in [1.82, 2.24) is 15.5 Å². The van der Waals surface area contributed by atoms with E-state index >= 15 is 0 Å². The Morgan fingerprint density at radius 2 is 1.90 bits per heavy atom. The third-order valence-electron chi connectivity index (χ3n) is 5.14. The van der Waals surface area contributed by atoms with Gasteiger partial charge in [0.15, 0.2) is 5.96 Å². The van der Waals surface area contributed by atoms with Crippen molar-refractivity contribution in [3.05, 3.63) is 35.9 Å². The highest BCUT2D eigenvalue weighted by molar-refractivity contribution is 5.80. The molecule has 1 aromatic rings. The number of rotatable bonds is 14. The first-order valence-corrected chi connectivity index (χ1v) is 11.1. The number of unbranched alkanes of at least 4 members (excludes halogenated alkanes) is 1. The zero-order chi connectivity index (χ0) is 21.4. The lowest BCUT2D eigenvalue weighted by Gasteiger charge is -2.18. The molecule has 1 fully saturated rings. The highest BCUT2D eigenvalue weighted by Crippen LogP contribution is 2.17. The van der Waals surface area contributed by atoms with Crippen LogP contribution in [0.1, 0.15) is 31.7 Å². The summed E-state index contributed by atoms with van der Waals surface area (Å²) in [5.41, 5.74) is 1.27. The van der Waals surface area contributed by atoms with E-state index in [1.54, 1.807) is 7.05 Å². The van der Waals surface area contributed by atoms with Gasteiger partial charge in [0, 0.05) is 52.2 Å². The molecule has 1 aliphatic heterocycles. The van der Waals surface area contributed by atoms with E-state index in [9.17, 15) is 4.79 Å². The van der Waals surface area contributed by atoms with Crippen LogP contribution in [0.3, 0.4) is 0 Å². The Morgan fingerprint density at radius 3 is 2.63 bits per heavy atom. The predicted octanol–water partition coefficient (Wildman–Crippen LogP) is 2.08. The Balaban J connectivity index is 1.55. The van der Waals surface area contributed by atoms with Crippen LogP contribution in [0.15, 0.2) is 35.3 Å². The van der Waals surface area contributed by atoms with Crippen molar-refractivity contribution in [2.24, 2.45) is 10.9 Å². The number of ether oxygens (including phenoxy) is 2. The van der Waals surface area contributed by atoms with E-state index in [4.69, 9.17) is 9.47 Å². The molecule has 0 aromatic heterocycles. The van der Waals surface area contributed by atoms with E-state index in [-0.39, 0.29) is 5.91 Å². The molecule has 168 valence electrons. The van der Waals surface area contributed by atoms with Crippen molar-refractivity contribution in [2.75, 3.05) is 59.7 Å². The second-order valence-electron chi connectivity index (χ2n) is 7.60. The molecule has 2 N–H and O–H groups in total. The summed E-state index contributed by atoms with van der Waals surface area (Å²) in [5, 5.41) is 6.58. The summed E-state index contributed by atoms with van der Waals surface area (Å²) in [4.78, 5) is 18.5. The van der Waals surface area contributed by atoms with E-state index in [1.165, 1.54) is 5.56 Å². The monoisotopic (exact) mass is 418 g/mol. The van der Waals surface area contributed by atoms with Crippen LogP contribution in [0.5, 0.6) is 0 Å². The van der Waals surface area contributed by atoms with Gasteiger partial charge in [-0.25, -0.2) is 0 Å². The minimum Gasteiger partial charge on any atom is -0.379 e. The van der Waals surface area contributed by atoms with Crippen LogP contribution in [0.25, 0.3) is 0 Å². The first kappa shape index (κ1) is 24.2. The number of carbonyl (C=O) groups is 1. The predicted molar refractivity (Wildman–Crippen MR) is 121 cm³/mol. The SMILES string of the molecule is CCCCOCCOCCNC(=NC)NCC1CC(=O)N(CCc2ccccc2)C1. The van der Waals surface area contributed by atoms with E-state index in [2.05, 4.69) is 34.7 Å². The number of hydrogen-bond donors (Lipinski definition) is 2. The van der Waals surface area contributed by atoms with Crippen molar-refractivity contribution < 1.29 is 14.3 Å². The van der Waals surface area contributed by atoms with Gasteiger partial charge in [-0.2, -0.15) is 0 Å². The van der Waals surface area contributed by atoms with Gasteiger partial charge in [0.1, 0.15) is 0 Å². The molecule has 1 saturated heterocycles. The highest BCUT2D eigenvalue weighted by Gasteiger charge is 2.29. The van der Waals surface area contributed by atoms with Gasteiger partial charge in [-0.05, 0) is 18.4 Å². The van der Waals surface area contributed by atoms with Gasteiger partial charge in [0.2, 0.25) is 5.91 Å². The number of guanidine groups is 1. The average molecular weight is 419 g/mol. The van der Waals surface area contributed by atoms with Crippen LogP contribution in [0.4, 0.5) is 0 Å². The Morgan fingerprint density at radius 1 is 1.13 bits per heavy atom. The van der Waals surface area contributed by atoms with Crippen LogP contribution in [0.2, 0.25) is 0 Å². The quantitative estimate of drug-likeness (QED) is 0.275. The number of carbonyl (C=O) groups excluding carboxylic acids is 1. The number of nitrogens with one attached hydrogen (secondary N) is 2. The molecule has 1 atom stereocenters. The molecular weight excluding hydrogens is 380 g/mol. The molecule has 2 rings (SSSR count). The van der Waals surface area contributed by atoms with Gasteiger partial charge in [-0.3, -0.25) is 9.79 Å². The molecule has 0 spiro atoms. The average Bonchev–Trinajstić information content (AvgIpc) is 3.13. The fourth-order valence-electron chi connectivity index (χ4n) is 3.39. The molecule has 0 bridgehead atoms. The van der Waals surface area contributed by atoms with Gasteiger partial charge in [0.25, 0.3) is 0 Å². The third kappa shape index (κ3) is 9.59. The second kappa shape index (κ2) is 14.8. The van der Waals surface area contributed by atoms with Gasteiger partial charge in [-0.1, -0.05) is 43.7 Å². The first-order chi connectivity index (χ1) is 14.7. The lowest BCUT2D eigenvalue weighted by molar-refractivity contribution is -0.127. The van der Waals surface area contributed by atoms with Gasteiger partial charge in [0.05, 0.1) is 19.8 Å². The normalized spacial score (nSPS) is 16.9. The molecule has 1 heterocycles. The minimum atomic E-state index is 0.246. The van der Waals surface area contributed by atoms with E-state index in [1.807, 2.05) is 23.1 Å². The minimum absolute atomic E-state index is 0.246. The molecule has 1 aromatic carbocycles. The molecule has 0 radical (unpaired) electrons. The fraction of sp³-hybridized carbons (Fsp3) is 0.652. The van der Waals surface area contributed by atoms with E-state index in [0.29, 0.717) is 38.7 Å². The van der Waals surface area contributed by atoms with Crippen molar-refractivity contribution in [3.8, 4) is 0 Å². The zero-order valence-corrected chi connectivity index (χ0v) is 18.6. The van der Waals surface area contributed by atoms with Crippen LogP contribution in [-0.4, -0.2) is 76.4 Å². The number of likely N-dealkylation sites (tertiary alicyclic amines) is 1. The van der Waals surface area contributed by atoms with Crippen molar-refractivity contribution in [2.45, 2.75) is 32.6 Å². The topological polar surface area (TPSA) is 75.2 Å². The number of aliphatic imine (C=N–C) groups is 1. The number of nitrogens with zero attached hydrogens (tertiary/aromatic N) is 2. The first-order valence-electron chi connectivity index (χ1n) is 11.1. The summed E-state index contributed by atoms with van der Waals surface area (Å²) in [5.74, 6) is 1.30. The Bertz CT molecular complexity index is 624. The van der Waals surface area contributed by atoms with E-state index < -0.39 is 0 Å². The molecule has 0 saturated carbocycles. The number of amides is 1. The van der Waals surface area contributed by atoms with Crippen molar-refractivity contribution in [1.29, 1.82) is 0 Å². The molecular formula is C23H38N4O3. The van der Waals surface area contributed by atoms with Gasteiger partial charge >= 0.3 is 0 Å². The summed E-state index contributed by atoms with van der Waals surface area (Å²) in [7, 11) is 1.75. The number of benzene rings is 1. The molecule has 1 unspecified atom stereocenters. The highest BCUT2D eigenvalue weighted by atomic mass is 16.5. The van der Waals surface area contributed by atoms with Gasteiger partial charge in [-0.15, -0.1) is 0 Å². The Hall–Kier alpha value is -2.12. The molecule has 0 aliphatic carbocycles. The zero-order valence-electron chi connectivity index (χ0n) is 18.6. The van der Waals surface area contributed by atoms with Crippen LogP contribution in [0, 0.1) is 5.92 Å². The fourth-order valence-corrected chi connectivity index (χ4v) is 3.39.